The summed E-state index contributed by atoms with van der Waals surface area (Å²) in [7, 11) is 1.30. The lowest BCUT2D eigenvalue weighted by Gasteiger charge is -2.09. The largest absolute Gasteiger partial charge is 0.504 e. The summed E-state index contributed by atoms with van der Waals surface area (Å²) in [5.41, 5.74) is -0.303. The van der Waals surface area contributed by atoms with E-state index in [1.54, 1.807) is 0 Å². The summed E-state index contributed by atoms with van der Waals surface area (Å²) in [5.74, 6) is -1.97. The van der Waals surface area contributed by atoms with Crippen molar-refractivity contribution in [2.75, 3.05) is 7.11 Å². The first-order chi connectivity index (χ1) is 6.97. The molecular weight excluding hydrogens is 227 g/mol. The molecule has 0 aliphatic carbocycles. The van der Waals surface area contributed by atoms with Crippen LogP contribution in [0.25, 0.3) is 0 Å². The number of alkyl halides is 1. The van der Waals surface area contributed by atoms with Crippen molar-refractivity contribution in [2.45, 2.75) is 6.17 Å². The Bertz CT molecular complexity index is 394. The molecule has 1 aromatic carbocycles. The van der Waals surface area contributed by atoms with Gasteiger partial charge in [0.15, 0.2) is 11.5 Å². The van der Waals surface area contributed by atoms with Gasteiger partial charge in [0.05, 0.1) is 12.1 Å². The van der Waals surface area contributed by atoms with E-state index in [1.165, 1.54) is 7.11 Å². The molecule has 0 saturated heterocycles. The molecule has 6 heteroatoms. The van der Waals surface area contributed by atoms with Crippen LogP contribution in [0, 0.1) is 0 Å². The van der Waals surface area contributed by atoms with Crippen LogP contribution in [0.5, 0.6) is 11.5 Å². The van der Waals surface area contributed by atoms with Gasteiger partial charge in [-0.05, 0) is 6.07 Å². The van der Waals surface area contributed by atoms with E-state index in [9.17, 15) is 14.3 Å². The third-order valence-corrected chi connectivity index (χ3v) is 2.12. The molecule has 0 heterocycles. The molecular formula is C9H8ClFO4. The van der Waals surface area contributed by atoms with Crippen LogP contribution in [0.1, 0.15) is 11.7 Å². The summed E-state index contributed by atoms with van der Waals surface area (Å²) in [6.45, 7) is 0. The molecule has 0 spiro atoms. The van der Waals surface area contributed by atoms with E-state index in [-0.39, 0.29) is 22.1 Å². The number of benzene rings is 1. The first-order valence-electron chi connectivity index (χ1n) is 3.90. The molecule has 0 aliphatic heterocycles. The Hall–Kier alpha value is -1.49. The van der Waals surface area contributed by atoms with Gasteiger partial charge in [-0.15, -0.1) is 0 Å². The molecule has 0 aliphatic rings. The maximum Gasteiger partial charge on any atom is 0.343 e. The predicted octanol–water partition coefficient (Wildman–Crippen LogP) is 2.15. The van der Waals surface area contributed by atoms with Gasteiger partial charge >= 0.3 is 5.97 Å². The zero-order valence-electron chi connectivity index (χ0n) is 7.70. The van der Waals surface area contributed by atoms with E-state index >= 15 is 0 Å². The number of aliphatic carboxylic acids is 1. The van der Waals surface area contributed by atoms with Crippen molar-refractivity contribution in [2.24, 2.45) is 0 Å². The Morgan fingerprint density at radius 1 is 1.60 bits per heavy atom. The summed E-state index contributed by atoms with van der Waals surface area (Å²) in [4.78, 5) is 10.4. The molecule has 0 saturated carbocycles. The minimum absolute atomic E-state index is 0.0568. The Morgan fingerprint density at radius 2 is 2.20 bits per heavy atom. The lowest BCUT2D eigenvalue weighted by atomic mass is 10.1. The zero-order valence-corrected chi connectivity index (χ0v) is 8.45. The highest BCUT2D eigenvalue weighted by molar-refractivity contribution is 6.31. The Kier molecular flexibility index (Phi) is 3.36. The van der Waals surface area contributed by atoms with Crippen LogP contribution in [-0.2, 0) is 4.79 Å². The van der Waals surface area contributed by atoms with Gasteiger partial charge in [0.25, 0.3) is 0 Å². The fourth-order valence-electron chi connectivity index (χ4n) is 1.05. The van der Waals surface area contributed by atoms with Crippen LogP contribution in [-0.4, -0.2) is 23.3 Å². The number of hydrogen-bond acceptors (Lipinski definition) is 3. The number of carboxylic acids is 1. The number of halogens is 2. The van der Waals surface area contributed by atoms with Crippen LogP contribution >= 0.6 is 11.6 Å². The van der Waals surface area contributed by atoms with Crippen LogP contribution < -0.4 is 4.74 Å². The quantitative estimate of drug-likeness (QED) is 0.841. The lowest BCUT2D eigenvalue weighted by molar-refractivity contribution is -0.143. The van der Waals surface area contributed by atoms with Crippen LogP contribution in [0.4, 0.5) is 4.39 Å². The van der Waals surface area contributed by atoms with E-state index in [0.29, 0.717) is 0 Å². The second-order valence-corrected chi connectivity index (χ2v) is 3.15. The molecule has 0 radical (unpaired) electrons. The summed E-state index contributed by atoms with van der Waals surface area (Å²) in [6, 6.07) is 2.09. The molecule has 1 atom stereocenters. The predicted molar refractivity (Wildman–Crippen MR) is 51.2 cm³/mol. The fourth-order valence-corrected chi connectivity index (χ4v) is 1.30. The van der Waals surface area contributed by atoms with E-state index in [2.05, 4.69) is 0 Å². The van der Waals surface area contributed by atoms with Crippen LogP contribution in [0.2, 0.25) is 5.02 Å². The Balaban J connectivity index is 3.21. The first-order valence-corrected chi connectivity index (χ1v) is 4.28. The third kappa shape index (κ3) is 2.30. The topological polar surface area (TPSA) is 66.8 Å². The zero-order chi connectivity index (χ0) is 11.6. The van der Waals surface area contributed by atoms with Gasteiger partial charge in [0, 0.05) is 11.6 Å². The van der Waals surface area contributed by atoms with Gasteiger partial charge in [0.2, 0.25) is 6.17 Å². The van der Waals surface area contributed by atoms with Crippen molar-refractivity contribution in [1.82, 2.24) is 0 Å². The monoisotopic (exact) mass is 234 g/mol. The van der Waals surface area contributed by atoms with Crippen molar-refractivity contribution in [1.29, 1.82) is 0 Å². The van der Waals surface area contributed by atoms with Crippen molar-refractivity contribution in [3.63, 3.8) is 0 Å². The van der Waals surface area contributed by atoms with Crippen molar-refractivity contribution in [3.05, 3.63) is 22.7 Å². The molecule has 4 nitrogen and oxygen atoms in total. The first kappa shape index (κ1) is 11.6. The molecule has 1 unspecified atom stereocenters. The number of ether oxygens (including phenoxy) is 1. The van der Waals surface area contributed by atoms with Gasteiger partial charge in [-0.3, -0.25) is 0 Å². The third-order valence-electron chi connectivity index (χ3n) is 1.79. The van der Waals surface area contributed by atoms with E-state index in [1.807, 2.05) is 0 Å². The van der Waals surface area contributed by atoms with Gasteiger partial charge in [-0.2, -0.15) is 0 Å². The number of carboxylic acid groups (broad SMARTS) is 1. The molecule has 1 rings (SSSR count). The maximum atomic E-state index is 13.1. The summed E-state index contributed by atoms with van der Waals surface area (Å²) < 4.78 is 17.8. The number of methoxy groups -OCH3 is 1. The second-order valence-electron chi connectivity index (χ2n) is 2.75. The maximum absolute atomic E-state index is 13.1. The number of carbonyl (C=O) groups is 1. The number of rotatable bonds is 3. The Labute approximate surface area is 89.9 Å². The van der Waals surface area contributed by atoms with Crippen molar-refractivity contribution >= 4 is 17.6 Å². The summed E-state index contributed by atoms with van der Waals surface area (Å²) in [6.07, 6.45) is -2.27. The highest BCUT2D eigenvalue weighted by atomic mass is 35.5. The molecule has 0 fully saturated rings. The summed E-state index contributed by atoms with van der Waals surface area (Å²) in [5, 5.41) is 17.6. The van der Waals surface area contributed by atoms with E-state index < -0.39 is 12.1 Å². The standard InChI is InChI=1S/C9H8ClFO4/c1-15-7-3-5(10)4(2-6(7)12)8(11)9(13)14/h2-3,8,12H,1H3,(H,13,14). The average Bonchev–Trinajstić information content (AvgIpc) is 2.19. The molecule has 2 N–H and O–H groups in total. The molecule has 0 aromatic heterocycles. The van der Waals surface area contributed by atoms with Gasteiger partial charge < -0.3 is 14.9 Å². The molecule has 15 heavy (non-hydrogen) atoms. The highest BCUT2D eigenvalue weighted by Crippen LogP contribution is 2.36. The lowest BCUT2D eigenvalue weighted by Crippen LogP contribution is -2.06. The van der Waals surface area contributed by atoms with Gasteiger partial charge in [0.1, 0.15) is 0 Å². The SMILES string of the molecule is COc1cc(Cl)c(C(F)C(=O)O)cc1O. The Morgan fingerprint density at radius 3 is 2.67 bits per heavy atom. The number of phenols is 1. The average molecular weight is 235 g/mol. The number of hydrogen-bond donors (Lipinski definition) is 2. The van der Waals surface area contributed by atoms with Crippen LogP contribution in [0.3, 0.4) is 0 Å². The fraction of sp³-hybridized carbons (Fsp3) is 0.222. The van der Waals surface area contributed by atoms with Crippen molar-refractivity contribution in [3.8, 4) is 11.5 Å². The normalized spacial score (nSPS) is 12.2. The van der Waals surface area contributed by atoms with Gasteiger partial charge in [-0.25, -0.2) is 9.18 Å². The second kappa shape index (κ2) is 4.35. The number of aromatic hydroxyl groups is 1. The minimum atomic E-state index is -2.27. The van der Waals surface area contributed by atoms with E-state index in [4.69, 9.17) is 21.4 Å². The van der Waals surface area contributed by atoms with Crippen molar-refractivity contribution < 1.29 is 24.1 Å². The molecule has 0 amide bonds. The van der Waals surface area contributed by atoms with E-state index in [0.717, 1.165) is 12.1 Å². The number of phenolic OH excluding ortho intramolecular Hbond substituents is 1. The minimum Gasteiger partial charge on any atom is -0.504 e. The highest BCUT2D eigenvalue weighted by Gasteiger charge is 2.23. The van der Waals surface area contributed by atoms with Crippen LogP contribution in [0.15, 0.2) is 12.1 Å². The summed E-state index contributed by atoms with van der Waals surface area (Å²) >= 11 is 5.62. The molecule has 82 valence electrons. The molecule has 0 bridgehead atoms. The molecule has 1 aromatic rings. The van der Waals surface area contributed by atoms with Gasteiger partial charge in [-0.1, -0.05) is 11.6 Å². The smallest absolute Gasteiger partial charge is 0.343 e.